The Morgan fingerprint density at radius 2 is 2.31 bits per heavy atom. The van der Waals surface area contributed by atoms with Gasteiger partial charge in [0.05, 0.1) is 18.9 Å². The van der Waals surface area contributed by atoms with Crippen LogP contribution in [0.15, 0.2) is 5.03 Å². The van der Waals surface area contributed by atoms with Gasteiger partial charge in [0.2, 0.25) is 5.95 Å². The SMILES string of the molecule is CSc1nc(N)nc2c1COCC2. The van der Waals surface area contributed by atoms with Crippen molar-refractivity contribution in [2.24, 2.45) is 0 Å². The van der Waals surface area contributed by atoms with Crippen molar-refractivity contribution >= 4 is 17.7 Å². The lowest BCUT2D eigenvalue weighted by Gasteiger charge is -2.17. The number of ether oxygens (including phenoxy) is 1. The standard InChI is InChI=1S/C8H11N3OS/c1-13-7-5-4-12-3-2-6(5)10-8(9)11-7/h2-4H2,1H3,(H2,9,10,11). The van der Waals surface area contributed by atoms with Gasteiger partial charge in [0.1, 0.15) is 5.03 Å². The molecular formula is C8H11N3OS. The molecule has 5 heteroatoms. The molecule has 2 rings (SSSR count). The smallest absolute Gasteiger partial charge is 0.221 e. The molecule has 2 heterocycles. The summed E-state index contributed by atoms with van der Waals surface area (Å²) in [7, 11) is 0. The molecule has 2 N–H and O–H groups in total. The molecule has 1 aliphatic heterocycles. The predicted molar refractivity (Wildman–Crippen MR) is 51.6 cm³/mol. The first-order valence-corrected chi connectivity index (χ1v) is 5.30. The summed E-state index contributed by atoms with van der Waals surface area (Å²) < 4.78 is 5.34. The minimum atomic E-state index is 0.366. The van der Waals surface area contributed by atoms with Crippen molar-refractivity contribution in [1.29, 1.82) is 0 Å². The average Bonchev–Trinajstić information content (AvgIpc) is 2.16. The number of hydrogen-bond acceptors (Lipinski definition) is 5. The van der Waals surface area contributed by atoms with Crippen molar-refractivity contribution in [2.75, 3.05) is 18.6 Å². The Morgan fingerprint density at radius 3 is 3.08 bits per heavy atom. The Morgan fingerprint density at radius 1 is 1.46 bits per heavy atom. The summed E-state index contributed by atoms with van der Waals surface area (Å²) in [5.41, 5.74) is 7.73. The van der Waals surface area contributed by atoms with Crippen LogP contribution in [0.2, 0.25) is 0 Å². The number of nitrogens with zero attached hydrogens (tertiary/aromatic N) is 2. The van der Waals surface area contributed by atoms with Gasteiger partial charge in [0.25, 0.3) is 0 Å². The molecule has 0 saturated heterocycles. The van der Waals surface area contributed by atoms with Crippen LogP contribution in [-0.4, -0.2) is 22.8 Å². The maximum Gasteiger partial charge on any atom is 0.221 e. The molecule has 4 nitrogen and oxygen atoms in total. The summed E-state index contributed by atoms with van der Waals surface area (Å²) in [6.07, 6.45) is 2.83. The van der Waals surface area contributed by atoms with Crippen molar-refractivity contribution in [1.82, 2.24) is 9.97 Å². The summed E-state index contributed by atoms with van der Waals surface area (Å²) in [6.45, 7) is 1.35. The van der Waals surface area contributed by atoms with E-state index in [0.29, 0.717) is 12.6 Å². The Hall–Kier alpha value is -0.810. The van der Waals surface area contributed by atoms with Gasteiger partial charge in [-0.05, 0) is 6.26 Å². The maximum atomic E-state index is 5.58. The highest BCUT2D eigenvalue weighted by molar-refractivity contribution is 7.98. The zero-order chi connectivity index (χ0) is 9.26. The summed E-state index contributed by atoms with van der Waals surface area (Å²) in [6, 6.07) is 0. The molecule has 0 spiro atoms. The molecule has 1 aliphatic rings. The summed E-state index contributed by atoms with van der Waals surface area (Å²) in [5.74, 6) is 0.366. The number of fused-ring (bicyclic) bond motifs is 1. The third-order valence-electron chi connectivity index (χ3n) is 2.00. The molecule has 0 fully saturated rings. The van der Waals surface area contributed by atoms with E-state index in [-0.39, 0.29) is 0 Å². The van der Waals surface area contributed by atoms with Gasteiger partial charge in [-0.1, -0.05) is 0 Å². The molecule has 70 valence electrons. The van der Waals surface area contributed by atoms with E-state index in [1.54, 1.807) is 11.8 Å². The van der Waals surface area contributed by atoms with Gasteiger partial charge in [0.15, 0.2) is 0 Å². The van der Waals surface area contributed by atoms with Gasteiger partial charge < -0.3 is 10.5 Å². The van der Waals surface area contributed by atoms with E-state index in [1.165, 1.54) is 0 Å². The van der Waals surface area contributed by atoms with E-state index < -0.39 is 0 Å². The monoisotopic (exact) mass is 197 g/mol. The molecular weight excluding hydrogens is 186 g/mol. The third-order valence-corrected chi connectivity index (χ3v) is 2.72. The van der Waals surface area contributed by atoms with E-state index in [0.717, 1.165) is 29.3 Å². The van der Waals surface area contributed by atoms with E-state index in [1.807, 2.05) is 6.26 Å². The van der Waals surface area contributed by atoms with Crippen LogP contribution in [0.3, 0.4) is 0 Å². The first-order chi connectivity index (χ1) is 6.31. The predicted octanol–water partition coefficient (Wildman–Crippen LogP) is 0.853. The van der Waals surface area contributed by atoms with Crippen LogP contribution >= 0.6 is 11.8 Å². The van der Waals surface area contributed by atoms with Crippen molar-refractivity contribution in [3.63, 3.8) is 0 Å². The van der Waals surface area contributed by atoms with E-state index >= 15 is 0 Å². The molecule has 0 unspecified atom stereocenters. The van der Waals surface area contributed by atoms with Crippen molar-refractivity contribution in [3.05, 3.63) is 11.3 Å². The fourth-order valence-electron chi connectivity index (χ4n) is 1.39. The van der Waals surface area contributed by atoms with Gasteiger partial charge in [-0.15, -0.1) is 11.8 Å². The van der Waals surface area contributed by atoms with Crippen molar-refractivity contribution in [3.8, 4) is 0 Å². The number of nitrogen functional groups attached to an aromatic ring is 1. The highest BCUT2D eigenvalue weighted by Crippen LogP contribution is 2.25. The lowest BCUT2D eigenvalue weighted by Crippen LogP contribution is -2.15. The van der Waals surface area contributed by atoms with Crippen molar-refractivity contribution in [2.45, 2.75) is 18.1 Å². The van der Waals surface area contributed by atoms with Crippen LogP contribution in [0.25, 0.3) is 0 Å². The highest BCUT2D eigenvalue weighted by Gasteiger charge is 2.16. The Labute approximate surface area is 80.9 Å². The van der Waals surface area contributed by atoms with Crippen LogP contribution in [0.5, 0.6) is 0 Å². The Balaban J connectivity index is 2.50. The molecule has 0 bridgehead atoms. The van der Waals surface area contributed by atoms with Gasteiger partial charge in [-0.3, -0.25) is 0 Å². The minimum absolute atomic E-state index is 0.366. The van der Waals surface area contributed by atoms with E-state index in [2.05, 4.69) is 9.97 Å². The first kappa shape index (κ1) is 8.77. The Kier molecular flexibility index (Phi) is 2.37. The average molecular weight is 197 g/mol. The summed E-state index contributed by atoms with van der Waals surface area (Å²) in [4.78, 5) is 8.35. The lowest BCUT2D eigenvalue weighted by atomic mass is 10.1. The molecule has 0 aromatic carbocycles. The molecule has 1 aromatic heterocycles. The number of rotatable bonds is 1. The van der Waals surface area contributed by atoms with Gasteiger partial charge in [0, 0.05) is 12.0 Å². The summed E-state index contributed by atoms with van der Waals surface area (Å²) >= 11 is 1.59. The number of anilines is 1. The first-order valence-electron chi connectivity index (χ1n) is 4.08. The van der Waals surface area contributed by atoms with E-state index in [9.17, 15) is 0 Å². The zero-order valence-corrected chi connectivity index (χ0v) is 8.23. The van der Waals surface area contributed by atoms with Crippen LogP contribution < -0.4 is 5.73 Å². The molecule has 0 radical (unpaired) electrons. The van der Waals surface area contributed by atoms with Gasteiger partial charge in [-0.25, -0.2) is 9.97 Å². The van der Waals surface area contributed by atoms with E-state index in [4.69, 9.17) is 10.5 Å². The minimum Gasteiger partial charge on any atom is -0.376 e. The molecule has 0 amide bonds. The van der Waals surface area contributed by atoms with Gasteiger partial charge >= 0.3 is 0 Å². The molecule has 0 aliphatic carbocycles. The highest BCUT2D eigenvalue weighted by atomic mass is 32.2. The van der Waals surface area contributed by atoms with Crippen LogP contribution in [0.4, 0.5) is 5.95 Å². The van der Waals surface area contributed by atoms with Gasteiger partial charge in [-0.2, -0.15) is 0 Å². The fourth-order valence-corrected chi connectivity index (χ4v) is 2.00. The zero-order valence-electron chi connectivity index (χ0n) is 7.41. The third kappa shape index (κ3) is 1.62. The number of hydrogen-bond donors (Lipinski definition) is 1. The van der Waals surface area contributed by atoms with Crippen LogP contribution in [0.1, 0.15) is 11.3 Å². The molecule has 0 atom stereocenters. The number of nitrogens with two attached hydrogens (primary N) is 1. The largest absolute Gasteiger partial charge is 0.376 e. The fraction of sp³-hybridized carbons (Fsp3) is 0.500. The molecule has 0 saturated carbocycles. The number of thioether (sulfide) groups is 1. The Bertz CT molecular complexity index is 312. The maximum absolute atomic E-state index is 5.58. The topological polar surface area (TPSA) is 61.0 Å². The quantitative estimate of drug-likeness (QED) is 0.534. The second-order valence-electron chi connectivity index (χ2n) is 2.82. The molecule has 1 aromatic rings. The number of aromatic nitrogens is 2. The lowest BCUT2D eigenvalue weighted by molar-refractivity contribution is 0.106. The second kappa shape index (κ2) is 3.51. The van der Waals surface area contributed by atoms with Crippen LogP contribution in [-0.2, 0) is 17.8 Å². The van der Waals surface area contributed by atoms with Crippen LogP contribution in [0, 0.1) is 0 Å². The second-order valence-corrected chi connectivity index (χ2v) is 3.61. The normalized spacial score (nSPS) is 15.5. The van der Waals surface area contributed by atoms with Crippen molar-refractivity contribution < 1.29 is 4.74 Å². The molecule has 13 heavy (non-hydrogen) atoms. The summed E-state index contributed by atoms with van der Waals surface area (Å²) in [5, 5.41) is 0.946.